The molecule has 1 heterocycles. The van der Waals surface area contributed by atoms with Crippen molar-refractivity contribution in [3.8, 4) is 11.5 Å². The van der Waals surface area contributed by atoms with Gasteiger partial charge in [0.2, 0.25) is 0 Å². The van der Waals surface area contributed by atoms with E-state index < -0.39 is 11.8 Å². The van der Waals surface area contributed by atoms with Crippen LogP contribution in [0.4, 0.5) is 0 Å². The molecular formula is C10H10O4. The third-order valence-corrected chi connectivity index (χ3v) is 1.97. The van der Waals surface area contributed by atoms with E-state index >= 15 is 0 Å². The Hall–Kier alpha value is -1.71. The molecule has 1 aliphatic heterocycles. The summed E-state index contributed by atoms with van der Waals surface area (Å²) in [6.07, 6.45) is -0.179. The Balaban J connectivity index is 2.21. The van der Waals surface area contributed by atoms with Gasteiger partial charge in [0, 0.05) is 6.92 Å². The van der Waals surface area contributed by atoms with Crippen molar-refractivity contribution in [2.75, 3.05) is 0 Å². The molecule has 14 heavy (non-hydrogen) atoms. The van der Waals surface area contributed by atoms with Crippen LogP contribution < -0.4 is 9.47 Å². The van der Waals surface area contributed by atoms with Crippen LogP contribution in [0.5, 0.6) is 11.5 Å². The second-order valence-electron chi connectivity index (χ2n) is 3.36. The zero-order valence-corrected chi connectivity index (χ0v) is 7.69. The zero-order chi connectivity index (χ0) is 10.2. The van der Waals surface area contributed by atoms with Crippen molar-refractivity contribution in [3.05, 3.63) is 24.3 Å². The molecular weight excluding hydrogens is 184 g/mol. The normalized spacial score (nSPS) is 16.6. The van der Waals surface area contributed by atoms with Crippen LogP contribution in [-0.2, 0) is 4.79 Å². The largest absolute Gasteiger partial charge is 0.481 e. The fourth-order valence-corrected chi connectivity index (χ4v) is 1.45. The van der Waals surface area contributed by atoms with Crippen LogP contribution in [0.1, 0.15) is 13.3 Å². The number of rotatable bonds is 2. The number of hydrogen-bond acceptors (Lipinski definition) is 3. The number of para-hydroxylation sites is 2. The van der Waals surface area contributed by atoms with E-state index in [1.165, 1.54) is 0 Å². The maximum atomic E-state index is 10.6. The van der Waals surface area contributed by atoms with E-state index in [4.69, 9.17) is 14.6 Å². The lowest BCUT2D eigenvalue weighted by Crippen LogP contribution is -2.37. The highest BCUT2D eigenvalue weighted by molar-refractivity contribution is 5.68. The molecule has 0 atom stereocenters. The van der Waals surface area contributed by atoms with Gasteiger partial charge in [-0.1, -0.05) is 12.1 Å². The number of carboxylic acid groups (broad SMARTS) is 1. The Labute approximate surface area is 81.1 Å². The maximum absolute atomic E-state index is 10.6. The third kappa shape index (κ3) is 1.51. The SMILES string of the molecule is CC1(CC(=O)O)Oc2ccccc2O1. The van der Waals surface area contributed by atoms with Crippen molar-refractivity contribution >= 4 is 5.97 Å². The number of fused-ring (bicyclic) bond motifs is 1. The smallest absolute Gasteiger partial charge is 0.311 e. The molecule has 74 valence electrons. The molecule has 0 fully saturated rings. The summed E-state index contributed by atoms with van der Waals surface area (Å²) in [6.45, 7) is 1.61. The second kappa shape index (κ2) is 2.90. The van der Waals surface area contributed by atoms with E-state index in [1.54, 1.807) is 19.1 Å². The number of benzene rings is 1. The molecule has 4 heteroatoms. The molecule has 0 unspecified atom stereocenters. The van der Waals surface area contributed by atoms with Gasteiger partial charge in [-0.15, -0.1) is 0 Å². The molecule has 2 rings (SSSR count). The average Bonchev–Trinajstić information content (AvgIpc) is 2.38. The first-order chi connectivity index (χ1) is 6.59. The first kappa shape index (κ1) is 8.87. The van der Waals surface area contributed by atoms with Crippen LogP contribution in [0, 0.1) is 0 Å². The third-order valence-electron chi connectivity index (χ3n) is 1.97. The highest BCUT2D eigenvalue weighted by Crippen LogP contribution is 2.39. The monoisotopic (exact) mass is 194 g/mol. The van der Waals surface area contributed by atoms with Gasteiger partial charge in [-0.3, -0.25) is 4.79 Å². The Morgan fingerprint density at radius 1 is 1.36 bits per heavy atom. The van der Waals surface area contributed by atoms with Crippen LogP contribution in [0.2, 0.25) is 0 Å². The molecule has 0 radical (unpaired) electrons. The minimum atomic E-state index is -1.07. The van der Waals surface area contributed by atoms with Crippen LogP contribution in [-0.4, -0.2) is 16.9 Å². The molecule has 0 aliphatic carbocycles. The minimum absolute atomic E-state index is 0.179. The second-order valence-corrected chi connectivity index (χ2v) is 3.36. The summed E-state index contributed by atoms with van der Waals surface area (Å²) in [5.74, 6) is -0.831. The number of carboxylic acids is 1. The summed E-state index contributed by atoms with van der Waals surface area (Å²) in [5, 5.41) is 8.66. The van der Waals surface area contributed by atoms with E-state index in [2.05, 4.69) is 0 Å². The van der Waals surface area contributed by atoms with Crippen molar-refractivity contribution in [3.63, 3.8) is 0 Å². The van der Waals surface area contributed by atoms with Crippen molar-refractivity contribution in [1.82, 2.24) is 0 Å². The van der Waals surface area contributed by atoms with Crippen molar-refractivity contribution < 1.29 is 19.4 Å². The molecule has 0 saturated carbocycles. The first-order valence-electron chi connectivity index (χ1n) is 4.28. The molecule has 0 spiro atoms. The molecule has 1 aromatic rings. The van der Waals surface area contributed by atoms with Crippen molar-refractivity contribution in [2.24, 2.45) is 0 Å². The van der Waals surface area contributed by atoms with Crippen LogP contribution in [0.3, 0.4) is 0 Å². The summed E-state index contributed by atoms with van der Waals surface area (Å²) in [6, 6.07) is 7.13. The van der Waals surface area contributed by atoms with Crippen LogP contribution in [0.15, 0.2) is 24.3 Å². The lowest BCUT2D eigenvalue weighted by molar-refractivity contribution is -0.149. The fraction of sp³-hybridized carbons (Fsp3) is 0.300. The van der Waals surface area contributed by atoms with E-state index in [0.717, 1.165) is 0 Å². The maximum Gasteiger partial charge on any atom is 0.311 e. The van der Waals surface area contributed by atoms with Crippen LogP contribution in [0.25, 0.3) is 0 Å². The van der Waals surface area contributed by atoms with Gasteiger partial charge in [0.05, 0.1) is 0 Å². The lowest BCUT2D eigenvalue weighted by atomic mass is 10.2. The summed E-state index contributed by atoms with van der Waals surface area (Å²) in [5.41, 5.74) is 0. The molecule has 0 aromatic heterocycles. The van der Waals surface area contributed by atoms with E-state index in [1.807, 2.05) is 12.1 Å². The quantitative estimate of drug-likeness (QED) is 0.777. The molecule has 0 saturated heterocycles. The fourth-order valence-electron chi connectivity index (χ4n) is 1.45. The Morgan fingerprint density at radius 3 is 2.29 bits per heavy atom. The molecule has 4 nitrogen and oxygen atoms in total. The van der Waals surface area contributed by atoms with Crippen molar-refractivity contribution in [1.29, 1.82) is 0 Å². The predicted molar refractivity (Wildman–Crippen MR) is 48.4 cm³/mol. The molecule has 0 amide bonds. The minimum Gasteiger partial charge on any atom is -0.481 e. The summed E-state index contributed by atoms with van der Waals surface area (Å²) in [7, 11) is 0. The van der Waals surface area contributed by atoms with Crippen LogP contribution >= 0.6 is 0 Å². The van der Waals surface area contributed by atoms with Gasteiger partial charge < -0.3 is 14.6 Å². The summed E-state index contributed by atoms with van der Waals surface area (Å²) >= 11 is 0. The Bertz CT molecular complexity index is 347. The highest BCUT2D eigenvalue weighted by Gasteiger charge is 2.38. The van der Waals surface area contributed by atoms with Crippen molar-refractivity contribution in [2.45, 2.75) is 19.1 Å². The first-order valence-corrected chi connectivity index (χ1v) is 4.28. The molecule has 1 aromatic carbocycles. The van der Waals surface area contributed by atoms with Gasteiger partial charge in [0.25, 0.3) is 5.79 Å². The number of ether oxygens (including phenoxy) is 2. The van der Waals surface area contributed by atoms with Gasteiger partial charge >= 0.3 is 5.97 Å². The predicted octanol–water partition coefficient (Wildman–Crippen LogP) is 1.65. The summed E-state index contributed by atoms with van der Waals surface area (Å²) < 4.78 is 10.8. The molecule has 0 bridgehead atoms. The standard InChI is InChI=1S/C10H10O4/c1-10(6-9(11)12)13-7-4-2-3-5-8(7)14-10/h2-5H,6H2,1H3,(H,11,12). The van der Waals surface area contributed by atoms with Gasteiger partial charge in [0.1, 0.15) is 6.42 Å². The highest BCUT2D eigenvalue weighted by atomic mass is 16.7. The molecule has 1 N–H and O–H groups in total. The van der Waals surface area contributed by atoms with Gasteiger partial charge in [-0.25, -0.2) is 0 Å². The van der Waals surface area contributed by atoms with E-state index in [9.17, 15) is 4.79 Å². The Morgan fingerprint density at radius 2 is 1.86 bits per heavy atom. The molecule has 1 aliphatic rings. The summed E-state index contributed by atoms with van der Waals surface area (Å²) in [4.78, 5) is 10.6. The zero-order valence-electron chi connectivity index (χ0n) is 7.69. The van der Waals surface area contributed by atoms with Gasteiger partial charge in [0.15, 0.2) is 11.5 Å². The lowest BCUT2D eigenvalue weighted by Gasteiger charge is -2.20. The van der Waals surface area contributed by atoms with Gasteiger partial charge in [-0.05, 0) is 12.1 Å². The van der Waals surface area contributed by atoms with Gasteiger partial charge in [-0.2, -0.15) is 0 Å². The number of aliphatic carboxylic acids is 1. The topological polar surface area (TPSA) is 55.8 Å². The average molecular weight is 194 g/mol. The Kier molecular flexibility index (Phi) is 1.84. The van der Waals surface area contributed by atoms with E-state index in [0.29, 0.717) is 11.5 Å². The number of carbonyl (C=O) groups is 1. The number of hydrogen-bond donors (Lipinski definition) is 1. The van der Waals surface area contributed by atoms with E-state index in [-0.39, 0.29) is 6.42 Å².